The lowest BCUT2D eigenvalue weighted by molar-refractivity contribution is 0.244. The Balaban J connectivity index is 1.86. The number of nitrogens with zero attached hydrogens (tertiary/aromatic N) is 5. The van der Waals surface area contributed by atoms with E-state index in [1.165, 1.54) is 5.56 Å². The first-order valence-electron chi connectivity index (χ1n) is 7.21. The third kappa shape index (κ3) is 2.93. The van der Waals surface area contributed by atoms with Crippen LogP contribution in [0.5, 0.6) is 0 Å². The molecule has 3 rings (SSSR count). The van der Waals surface area contributed by atoms with Crippen LogP contribution < -0.4 is 0 Å². The molecular formula is C16H19N5S. The van der Waals surface area contributed by atoms with Crippen molar-refractivity contribution in [2.75, 3.05) is 7.05 Å². The lowest BCUT2D eigenvalue weighted by atomic mass is 10.2. The quantitative estimate of drug-likeness (QED) is 0.694. The first-order chi connectivity index (χ1) is 10.5. The molecule has 0 saturated heterocycles. The van der Waals surface area contributed by atoms with E-state index in [1.54, 1.807) is 0 Å². The van der Waals surface area contributed by atoms with E-state index in [-0.39, 0.29) is 0 Å². The van der Waals surface area contributed by atoms with Crippen molar-refractivity contribution in [1.29, 1.82) is 0 Å². The summed E-state index contributed by atoms with van der Waals surface area (Å²) >= 11 is 5.54. The fraction of sp³-hybridized carbons (Fsp3) is 0.312. The van der Waals surface area contributed by atoms with Crippen LogP contribution in [0.1, 0.15) is 17.0 Å². The van der Waals surface area contributed by atoms with Crippen molar-refractivity contribution in [2.45, 2.75) is 27.1 Å². The third-order valence-corrected chi connectivity index (χ3v) is 3.93. The number of benzene rings is 1. The summed E-state index contributed by atoms with van der Waals surface area (Å²) in [6.45, 7) is 5.48. The summed E-state index contributed by atoms with van der Waals surface area (Å²) in [4.78, 5) is 6.64. The van der Waals surface area contributed by atoms with Crippen LogP contribution >= 0.6 is 12.2 Å². The molecule has 1 aromatic carbocycles. The molecule has 22 heavy (non-hydrogen) atoms. The Hall–Kier alpha value is -2.05. The second kappa shape index (κ2) is 5.98. The van der Waals surface area contributed by atoms with Gasteiger partial charge in [-0.05, 0) is 44.7 Å². The van der Waals surface area contributed by atoms with E-state index in [2.05, 4.69) is 46.3 Å². The summed E-state index contributed by atoms with van der Waals surface area (Å²) in [7, 11) is 2.06. The van der Waals surface area contributed by atoms with Crippen molar-refractivity contribution >= 4 is 18.0 Å². The topological polar surface area (TPSA) is 38.4 Å². The lowest BCUT2D eigenvalue weighted by Crippen LogP contribution is -2.22. The molecule has 0 amide bonds. The zero-order valence-electron chi connectivity index (χ0n) is 13.0. The third-order valence-electron chi connectivity index (χ3n) is 3.54. The molecule has 0 unspecified atom stereocenters. The standard InChI is InChI=1S/C16H19N5S/c1-12-9-13(2)21-15(17-12)18-20(16(21)22)11-19(3)10-14-7-5-4-6-8-14/h4-9H,10-11H2,1-3H3. The molecule has 0 saturated carbocycles. The van der Waals surface area contributed by atoms with Gasteiger partial charge in [0, 0.05) is 17.9 Å². The maximum Gasteiger partial charge on any atom is 0.254 e. The van der Waals surface area contributed by atoms with Crippen LogP contribution in [0.4, 0.5) is 0 Å². The highest BCUT2D eigenvalue weighted by Gasteiger charge is 2.10. The van der Waals surface area contributed by atoms with E-state index in [9.17, 15) is 0 Å². The predicted molar refractivity (Wildman–Crippen MR) is 89.2 cm³/mol. The smallest absolute Gasteiger partial charge is 0.254 e. The predicted octanol–water partition coefficient (Wildman–Crippen LogP) is 2.97. The van der Waals surface area contributed by atoms with Gasteiger partial charge in [0.1, 0.15) is 0 Å². The van der Waals surface area contributed by atoms with Crippen LogP contribution in [0.15, 0.2) is 36.4 Å². The highest BCUT2D eigenvalue weighted by molar-refractivity contribution is 7.71. The molecule has 2 aromatic heterocycles. The molecule has 5 nitrogen and oxygen atoms in total. The molecule has 6 heteroatoms. The molecule has 0 aliphatic heterocycles. The van der Waals surface area contributed by atoms with E-state index in [0.29, 0.717) is 17.2 Å². The van der Waals surface area contributed by atoms with Crippen molar-refractivity contribution in [3.63, 3.8) is 0 Å². The summed E-state index contributed by atoms with van der Waals surface area (Å²) in [5, 5.41) is 4.54. The number of aryl methyl sites for hydroxylation is 2. The van der Waals surface area contributed by atoms with Gasteiger partial charge in [0.2, 0.25) is 4.77 Å². The number of fused-ring (bicyclic) bond motifs is 1. The number of hydrogen-bond acceptors (Lipinski definition) is 4. The van der Waals surface area contributed by atoms with E-state index < -0.39 is 0 Å². The van der Waals surface area contributed by atoms with Gasteiger partial charge < -0.3 is 0 Å². The molecule has 0 radical (unpaired) electrons. The van der Waals surface area contributed by atoms with Gasteiger partial charge in [-0.25, -0.2) is 9.67 Å². The molecule has 0 aliphatic rings. The first kappa shape index (κ1) is 14.9. The molecule has 3 aromatic rings. The van der Waals surface area contributed by atoms with Gasteiger partial charge in [-0.3, -0.25) is 9.30 Å². The molecule has 0 atom stereocenters. The SMILES string of the molecule is Cc1cc(C)n2c(=S)n(CN(C)Cc3ccccc3)nc2n1. The Morgan fingerprint density at radius 3 is 2.64 bits per heavy atom. The van der Waals surface area contributed by atoms with Crippen LogP contribution in [0.3, 0.4) is 0 Å². The zero-order valence-corrected chi connectivity index (χ0v) is 13.8. The molecule has 0 spiro atoms. The van der Waals surface area contributed by atoms with Gasteiger partial charge in [0.15, 0.2) is 0 Å². The van der Waals surface area contributed by atoms with E-state index >= 15 is 0 Å². The van der Waals surface area contributed by atoms with Crippen molar-refractivity contribution in [3.8, 4) is 0 Å². The van der Waals surface area contributed by atoms with Crippen LogP contribution in [0.25, 0.3) is 5.78 Å². The van der Waals surface area contributed by atoms with Crippen molar-refractivity contribution in [3.05, 3.63) is 58.1 Å². The Morgan fingerprint density at radius 2 is 1.91 bits per heavy atom. The monoisotopic (exact) mass is 313 g/mol. The first-order valence-corrected chi connectivity index (χ1v) is 7.62. The minimum atomic E-state index is 0.634. The van der Waals surface area contributed by atoms with Gasteiger partial charge in [0.25, 0.3) is 5.78 Å². The number of rotatable bonds is 4. The summed E-state index contributed by atoms with van der Waals surface area (Å²) < 4.78 is 4.42. The van der Waals surface area contributed by atoms with E-state index in [4.69, 9.17) is 12.2 Å². The van der Waals surface area contributed by atoms with Gasteiger partial charge >= 0.3 is 0 Å². The second-order valence-corrected chi connectivity index (χ2v) is 5.96. The molecule has 0 bridgehead atoms. The Morgan fingerprint density at radius 1 is 1.18 bits per heavy atom. The summed E-state index contributed by atoms with van der Waals surface area (Å²) in [6, 6.07) is 12.4. The van der Waals surface area contributed by atoms with E-state index in [0.717, 1.165) is 17.9 Å². The highest BCUT2D eigenvalue weighted by atomic mass is 32.1. The molecular weight excluding hydrogens is 294 g/mol. The molecule has 114 valence electrons. The summed E-state index contributed by atoms with van der Waals surface area (Å²) in [5.41, 5.74) is 3.28. The Kier molecular flexibility index (Phi) is 4.04. The molecule has 0 N–H and O–H groups in total. The number of aromatic nitrogens is 4. The van der Waals surface area contributed by atoms with Gasteiger partial charge in [-0.1, -0.05) is 30.3 Å². The molecule has 0 fully saturated rings. The van der Waals surface area contributed by atoms with E-state index in [1.807, 2.05) is 35.1 Å². The highest BCUT2D eigenvalue weighted by Crippen LogP contribution is 2.09. The maximum absolute atomic E-state index is 5.54. The van der Waals surface area contributed by atoms with Crippen LogP contribution in [0.2, 0.25) is 0 Å². The van der Waals surface area contributed by atoms with Crippen molar-refractivity contribution < 1.29 is 0 Å². The average Bonchev–Trinajstić information content (AvgIpc) is 2.76. The minimum absolute atomic E-state index is 0.634. The van der Waals surface area contributed by atoms with Gasteiger partial charge in [0.05, 0.1) is 6.67 Å². The summed E-state index contributed by atoms with van der Waals surface area (Å²) in [6.07, 6.45) is 0. The van der Waals surface area contributed by atoms with Crippen LogP contribution in [-0.2, 0) is 13.2 Å². The number of hydrogen-bond donors (Lipinski definition) is 0. The van der Waals surface area contributed by atoms with Crippen LogP contribution in [0, 0.1) is 18.6 Å². The van der Waals surface area contributed by atoms with Crippen LogP contribution in [-0.4, -0.2) is 31.1 Å². The lowest BCUT2D eigenvalue weighted by Gasteiger charge is -2.16. The van der Waals surface area contributed by atoms with Gasteiger partial charge in [-0.2, -0.15) is 0 Å². The normalized spacial score (nSPS) is 11.5. The Labute approximate surface area is 134 Å². The second-order valence-electron chi connectivity index (χ2n) is 5.60. The summed E-state index contributed by atoms with van der Waals surface area (Å²) in [5.74, 6) is 0.663. The fourth-order valence-corrected chi connectivity index (χ4v) is 2.92. The maximum atomic E-state index is 5.54. The largest absolute Gasteiger partial charge is 0.283 e. The zero-order chi connectivity index (χ0) is 15.7. The minimum Gasteiger partial charge on any atom is -0.283 e. The Bertz CT molecular complexity index is 850. The molecule has 0 aliphatic carbocycles. The van der Waals surface area contributed by atoms with Gasteiger partial charge in [-0.15, -0.1) is 5.10 Å². The fourth-order valence-electron chi connectivity index (χ4n) is 2.60. The van der Waals surface area contributed by atoms with Crippen molar-refractivity contribution in [1.82, 2.24) is 24.1 Å². The molecule has 2 heterocycles. The van der Waals surface area contributed by atoms with Crippen molar-refractivity contribution in [2.24, 2.45) is 0 Å². The average molecular weight is 313 g/mol.